The molecule has 0 aromatic heterocycles. The zero-order chi connectivity index (χ0) is 11.3. The first kappa shape index (κ1) is 12.9. The minimum absolute atomic E-state index is 0.572. The van der Waals surface area contributed by atoms with Gasteiger partial charge in [-0.25, -0.2) is 0 Å². The van der Waals surface area contributed by atoms with Crippen LogP contribution in [0.25, 0.3) is 0 Å². The minimum Gasteiger partial charge on any atom is -0.496 e. The van der Waals surface area contributed by atoms with E-state index in [4.69, 9.17) is 16.3 Å². The highest BCUT2D eigenvalue weighted by Gasteiger charge is 2.04. The van der Waals surface area contributed by atoms with Crippen molar-refractivity contribution in [2.45, 2.75) is 31.0 Å². The molecule has 0 saturated carbocycles. The molecular weight excluding hydrogens is 275 g/mol. The van der Waals surface area contributed by atoms with E-state index in [1.54, 1.807) is 7.11 Å². The Kier molecular flexibility index (Phi) is 5.48. The highest BCUT2D eigenvalue weighted by Crippen LogP contribution is 2.24. The van der Waals surface area contributed by atoms with E-state index in [2.05, 4.69) is 22.9 Å². The molecule has 0 fully saturated rings. The SMILES string of the molecule is COc1ccc(Cl)cc1CCCC(C)Br. The van der Waals surface area contributed by atoms with Gasteiger partial charge in [0.15, 0.2) is 0 Å². The third-order valence-corrected chi connectivity index (χ3v) is 2.98. The highest BCUT2D eigenvalue weighted by molar-refractivity contribution is 9.09. The molecule has 0 radical (unpaired) electrons. The van der Waals surface area contributed by atoms with Gasteiger partial charge in [0.1, 0.15) is 5.75 Å². The number of rotatable bonds is 5. The molecule has 0 amide bonds. The molecule has 0 heterocycles. The van der Waals surface area contributed by atoms with E-state index in [0.717, 1.165) is 30.0 Å². The van der Waals surface area contributed by atoms with Gasteiger partial charge in [0.25, 0.3) is 0 Å². The molecular formula is C12H16BrClO. The van der Waals surface area contributed by atoms with E-state index < -0.39 is 0 Å². The van der Waals surface area contributed by atoms with Gasteiger partial charge in [-0.05, 0) is 43.0 Å². The summed E-state index contributed by atoms with van der Waals surface area (Å²) in [5.74, 6) is 0.932. The van der Waals surface area contributed by atoms with Gasteiger partial charge in [-0.15, -0.1) is 0 Å². The van der Waals surface area contributed by atoms with Gasteiger partial charge in [-0.2, -0.15) is 0 Å². The second-order valence-electron chi connectivity index (χ2n) is 3.63. The van der Waals surface area contributed by atoms with Gasteiger partial charge >= 0.3 is 0 Å². The van der Waals surface area contributed by atoms with Gasteiger partial charge in [0, 0.05) is 9.85 Å². The second-order valence-corrected chi connectivity index (χ2v) is 5.63. The average molecular weight is 292 g/mol. The van der Waals surface area contributed by atoms with Crippen LogP contribution in [-0.4, -0.2) is 11.9 Å². The lowest BCUT2D eigenvalue weighted by atomic mass is 10.1. The Hall–Kier alpha value is -0.210. The highest BCUT2D eigenvalue weighted by atomic mass is 79.9. The molecule has 0 bridgehead atoms. The summed E-state index contributed by atoms with van der Waals surface area (Å²) in [6.45, 7) is 2.16. The normalized spacial score (nSPS) is 12.5. The smallest absolute Gasteiger partial charge is 0.122 e. The number of methoxy groups -OCH3 is 1. The fraction of sp³-hybridized carbons (Fsp3) is 0.500. The molecule has 0 aliphatic heterocycles. The van der Waals surface area contributed by atoms with E-state index in [9.17, 15) is 0 Å². The van der Waals surface area contributed by atoms with Crippen LogP contribution in [0.2, 0.25) is 5.02 Å². The van der Waals surface area contributed by atoms with Gasteiger partial charge in [-0.1, -0.05) is 34.5 Å². The topological polar surface area (TPSA) is 9.23 Å². The van der Waals surface area contributed by atoms with Gasteiger partial charge in [0.2, 0.25) is 0 Å². The Labute approximate surface area is 105 Å². The van der Waals surface area contributed by atoms with Crippen LogP contribution >= 0.6 is 27.5 Å². The van der Waals surface area contributed by atoms with Crippen LogP contribution in [0.3, 0.4) is 0 Å². The Morgan fingerprint density at radius 1 is 1.47 bits per heavy atom. The number of benzene rings is 1. The summed E-state index contributed by atoms with van der Waals surface area (Å²) in [7, 11) is 1.69. The summed E-state index contributed by atoms with van der Waals surface area (Å²) >= 11 is 9.49. The summed E-state index contributed by atoms with van der Waals surface area (Å²) in [6, 6.07) is 5.77. The number of halogens is 2. The van der Waals surface area contributed by atoms with Crippen LogP contribution in [0, 0.1) is 0 Å². The average Bonchev–Trinajstić information content (AvgIpc) is 2.17. The van der Waals surface area contributed by atoms with Gasteiger partial charge in [-0.3, -0.25) is 0 Å². The van der Waals surface area contributed by atoms with Crippen molar-refractivity contribution < 1.29 is 4.74 Å². The largest absolute Gasteiger partial charge is 0.496 e. The van der Waals surface area contributed by atoms with Crippen molar-refractivity contribution in [2.24, 2.45) is 0 Å². The van der Waals surface area contributed by atoms with Crippen LogP contribution in [0.1, 0.15) is 25.3 Å². The predicted octanol–water partition coefficient (Wildman–Crippen LogP) is 4.45. The van der Waals surface area contributed by atoms with E-state index in [0.29, 0.717) is 4.83 Å². The van der Waals surface area contributed by atoms with Crippen molar-refractivity contribution in [3.05, 3.63) is 28.8 Å². The van der Waals surface area contributed by atoms with Crippen molar-refractivity contribution >= 4 is 27.5 Å². The summed E-state index contributed by atoms with van der Waals surface area (Å²) in [4.78, 5) is 0.572. The third-order valence-electron chi connectivity index (χ3n) is 2.29. The first-order valence-electron chi connectivity index (χ1n) is 5.10. The first-order chi connectivity index (χ1) is 7.13. The molecule has 84 valence electrons. The number of alkyl halides is 1. The maximum absolute atomic E-state index is 5.95. The van der Waals surface area contributed by atoms with E-state index in [1.165, 1.54) is 5.56 Å². The third kappa shape index (κ3) is 4.43. The van der Waals surface area contributed by atoms with Crippen molar-refractivity contribution in [3.8, 4) is 5.75 Å². The van der Waals surface area contributed by atoms with Crippen molar-refractivity contribution in [1.29, 1.82) is 0 Å². The zero-order valence-electron chi connectivity index (χ0n) is 9.09. The molecule has 0 spiro atoms. The predicted molar refractivity (Wildman–Crippen MR) is 69.3 cm³/mol. The number of hydrogen-bond donors (Lipinski definition) is 0. The molecule has 0 aliphatic rings. The lowest BCUT2D eigenvalue weighted by Crippen LogP contribution is -1.95. The monoisotopic (exact) mass is 290 g/mol. The standard InChI is InChI=1S/C12H16BrClO/c1-9(13)4-3-5-10-8-11(14)6-7-12(10)15-2/h6-9H,3-5H2,1-2H3. The van der Waals surface area contributed by atoms with Crippen molar-refractivity contribution in [1.82, 2.24) is 0 Å². The van der Waals surface area contributed by atoms with Crippen LogP contribution in [-0.2, 0) is 6.42 Å². The molecule has 1 nitrogen and oxygen atoms in total. The molecule has 3 heteroatoms. The molecule has 1 atom stereocenters. The first-order valence-corrected chi connectivity index (χ1v) is 6.39. The lowest BCUT2D eigenvalue weighted by Gasteiger charge is -2.09. The van der Waals surface area contributed by atoms with Crippen LogP contribution in [0.4, 0.5) is 0 Å². The van der Waals surface area contributed by atoms with E-state index in [1.807, 2.05) is 18.2 Å². The quantitative estimate of drug-likeness (QED) is 0.728. The van der Waals surface area contributed by atoms with Crippen LogP contribution in [0.15, 0.2) is 18.2 Å². The Morgan fingerprint density at radius 3 is 2.80 bits per heavy atom. The fourth-order valence-corrected chi connectivity index (χ4v) is 2.03. The fourth-order valence-electron chi connectivity index (χ4n) is 1.52. The summed E-state index contributed by atoms with van der Waals surface area (Å²) in [5, 5.41) is 0.776. The van der Waals surface area contributed by atoms with E-state index in [-0.39, 0.29) is 0 Å². The van der Waals surface area contributed by atoms with Crippen LogP contribution < -0.4 is 4.74 Å². The summed E-state index contributed by atoms with van der Waals surface area (Å²) in [5.41, 5.74) is 1.19. The Bertz CT molecular complexity index is 312. The van der Waals surface area contributed by atoms with Crippen molar-refractivity contribution in [3.63, 3.8) is 0 Å². The number of aryl methyl sites for hydroxylation is 1. The number of hydrogen-bond acceptors (Lipinski definition) is 1. The van der Waals surface area contributed by atoms with E-state index >= 15 is 0 Å². The summed E-state index contributed by atoms with van der Waals surface area (Å²) in [6.07, 6.45) is 3.32. The lowest BCUT2D eigenvalue weighted by molar-refractivity contribution is 0.409. The van der Waals surface area contributed by atoms with Gasteiger partial charge < -0.3 is 4.74 Å². The van der Waals surface area contributed by atoms with Crippen molar-refractivity contribution in [2.75, 3.05) is 7.11 Å². The number of ether oxygens (including phenoxy) is 1. The zero-order valence-corrected chi connectivity index (χ0v) is 11.4. The second kappa shape index (κ2) is 6.39. The molecule has 0 aliphatic carbocycles. The molecule has 0 saturated heterocycles. The molecule has 1 unspecified atom stereocenters. The maximum Gasteiger partial charge on any atom is 0.122 e. The Morgan fingerprint density at radius 2 is 2.20 bits per heavy atom. The minimum atomic E-state index is 0.572. The Balaban J connectivity index is 2.62. The molecule has 15 heavy (non-hydrogen) atoms. The molecule has 1 rings (SSSR count). The van der Waals surface area contributed by atoms with Gasteiger partial charge in [0.05, 0.1) is 7.11 Å². The molecule has 0 N–H and O–H groups in total. The molecule has 1 aromatic rings. The van der Waals surface area contributed by atoms with Crippen LogP contribution in [0.5, 0.6) is 5.75 Å². The maximum atomic E-state index is 5.95. The molecule has 1 aromatic carbocycles. The summed E-state index contributed by atoms with van der Waals surface area (Å²) < 4.78 is 5.29.